The van der Waals surface area contributed by atoms with Crippen molar-refractivity contribution < 1.29 is 25.6 Å². The summed E-state index contributed by atoms with van der Waals surface area (Å²) in [4.78, 5) is -0.0682. The van der Waals surface area contributed by atoms with Crippen molar-refractivity contribution in [2.75, 3.05) is 18.1 Å². The first-order valence-electron chi connectivity index (χ1n) is 7.29. The predicted molar refractivity (Wildman–Crippen MR) is 95.8 cm³/mol. The van der Waals surface area contributed by atoms with Gasteiger partial charge in [-0.3, -0.25) is 4.55 Å². The van der Waals surface area contributed by atoms with E-state index in [9.17, 15) is 16.8 Å². The number of nitrogens with zero attached hydrogens (tertiary/aromatic N) is 2. The molecule has 11 heteroatoms. The zero-order chi connectivity index (χ0) is 19.4. The minimum atomic E-state index is -4.69. The highest BCUT2D eigenvalue weighted by molar-refractivity contribution is 7.91. The molecule has 0 aromatic heterocycles. The molecule has 26 heavy (non-hydrogen) atoms. The van der Waals surface area contributed by atoms with Crippen molar-refractivity contribution in [2.24, 2.45) is 10.2 Å². The number of nitrogens with two attached hydrogens (primary N) is 1. The molecule has 0 spiro atoms. The molecule has 0 radical (unpaired) electrons. The molecule has 140 valence electrons. The van der Waals surface area contributed by atoms with Crippen molar-refractivity contribution in [3.63, 3.8) is 0 Å². The highest BCUT2D eigenvalue weighted by atomic mass is 32.3. The second-order valence-electron chi connectivity index (χ2n) is 5.31. The molecule has 2 aromatic carbocycles. The van der Waals surface area contributed by atoms with Gasteiger partial charge in [-0.15, -0.1) is 0 Å². The lowest BCUT2D eigenvalue weighted by Crippen LogP contribution is -2.15. The van der Waals surface area contributed by atoms with Crippen molar-refractivity contribution in [2.45, 2.75) is 11.8 Å². The second kappa shape index (κ2) is 7.91. The van der Waals surface area contributed by atoms with Gasteiger partial charge < -0.3 is 5.73 Å². The van der Waals surface area contributed by atoms with Crippen molar-refractivity contribution in [3.05, 3.63) is 48.0 Å². The average Bonchev–Trinajstić information content (AvgIpc) is 2.55. The Morgan fingerprint density at radius 1 is 1.04 bits per heavy atom. The van der Waals surface area contributed by atoms with E-state index in [1.54, 1.807) is 24.3 Å². The van der Waals surface area contributed by atoms with Gasteiger partial charge in [0.05, 0.1) is 28.6 Å². The van der Waals surface area contributed by atoms with Crippen LogP contribution in [-0.2, 0) is 24.4 Å². The topological polar surface area (TPSA) is 148 Å². The van der Waals surface area contributed by atoms with Gasteiger partial charge in [-0.05, 0) is 48.9 Å². The molecule has 2 rings (SSSR count). The Labute approximate surface area is 151 Å². The van der Waals surface area contributed by atoms with Crippen LogP contribution in [0.2, 0.25) is 0 Å². The van der Waals surface area contributed by atoms with Gasteiger partial charge in [0.25, 0.3) is 0 Å². The van der Waals surface area contributed by atoms with Crippen LogP contribution < -0.4 is 5.73 Å². The fourth-order valence-electron chi connectivity index (χ4n) is 1.94. The molecule has 0 amide bonds. The molecule has 2 aromatic rings. The Morgan fingerprint density at radius 2 is 1.69 bits per heavy atom. The molecule has 0 saturated heterocycles. The Bertz CT molecular complexity index is 1030. The molecule has 0 saturated carbocycles. The normalized spacial score (nSPS) is 12.5. The third-order valence-corrected chi connectivity index (χ3v) is 5.44. The van der Waals surface area contributed by atoms with Crippen LogP contribution in [0.5, 0.6) is 0 Å². The van der Waals surface area contributed by atoms with Crippen LogP contribution in [0.3, 0.4) is 0 Å². The number of hydrogen-bond acceptors (Lipinski definition) is 8. The third-order valence-electron chi connectivity index (χ3n) is 3.30. The SMILES string of the molecule is Cc1cc(N=Nc2cccc(S(=O)(=O)CCOS(=O)(=O)O)c2)ccc1N. The van der Waals surface area contributed by atoms with Gasteiger partial charge in [-0.1, -0.05) is 6.07 Å². The van der Waals surface area contributed by atoms with Crippen molar-refractivity contribution in [1.82, 2.24) is 0 Å². The van der Waals surface area contributed by atoms with Gasteiger partial charge in [-0.25, -0.2) is 12.6 Å². The molecule has 0 fully saturated rings. The first kappa shape index (κ1) is 20.0. The Morgan fingerprint density at radius 3 is 2.31 bits per heavy atom. The number of sulfone groups is 1. The summed E-state index contributed by atoms with van der Waals surface area (Å²) in [6, 6.07) is 10.8. The van der Waals surface area contributed by atoms with E-state index < -0.39 is 32.6 Å². The van der Waals surface area contributed by atoms with E-state index in [1.165, 1.54) is 18.2 Å². The van der Waals surface area contributed by atoms with E-state index >= 15 is 0 Å². The van der Waals surface area contributed by atoms with E-state index in [2.05, 4.69) is 14.4 Å². The zero-order valence-electron chi connectivity index (χ0n) is 13.7. The summed E-state index contributed by atoms with van der Waals surface area (Å²) in [5, 5.41) is 8.03. The molecule has 3 N–H and O–H groups in total. The van der Waals surface area contributed by atoms with Crippen molar-refractivity contribution >= 4 is 37.3 Å². The predicted octanol–water partition coefficient (Wildman–Crippen LogP) is 2.59. The fourth-order valence-corrected chi connectivity index (χ4v) is 3.47. The number of aryl methyl sites for hydroxylation is 1. The number of azo groups is 1. The number of hydrogen-bond donors (Lipinski definition) is 2. The molecule has 0 atom stereocenters. The van der Waals surface area contributed by atoms with Gasteiger partial charge in [0.15, 0.2) is 9.84 Å². The summed E-state index contributed by atoms with van der Waals surface area (Å²) < 4.78 is 57.8. The number of rotatable bonds is 7. The van der Waals surface area contributed by atoms with E-state index in [0.717, 1.165) is 5.56 Å². The van der Waals surface area contributed by atoms with Gasteiger partial charge >= 0.3 is 10.4 Å². The summed E-state index contributed by atoms with van der Waals surface area (Å²) in [5.41, 5.74) is 8.06. The lowest BCUT2D eigenvalue weighted by Gasteiger charge is -2.05. The number of benzene rings is 2. The molecule has 0 aliphatic heterocycles. The molecular weight excluding hydrogens is 382 g/mol. The lowest BCUT2D eigenvalue weighted by molar-refractivity contribution is 0.284. The minimum absolute atomic E-state index is 0.0682. The smallest absolute Gasteiger partial charge is 0.397 e. The molecule has 0 heterocycles. The van der Waals surface area contributed by atoms with Crippen LogP contribution in [0, 0.1) is 6.92 Å². The monoisotopic (exact) mass is 399 g/mol. The Hall–Kier alpha value is -2.34. The van der Waals surface area contributed by atoms with Crippen LogP contribution in [-0.4, -0.2) is 33.7 Å². The quantitative estimate of drug-likeness (QED) is 0.413. The van der Waals surface area contributed by atoms with E-state index in [0.29, 0.717) is 17.1 Å². The van der Waals surface area contributed by atoms with Crippen LogP contribution >= 0.6 is 0 Å². The standard InChI is InChI=1S/C15H17N3O6S2/c1-11-9-13(5-6-15(11)16)18-17-12-3-2-4-14(10-12)25(19,20)8-7-24-26(21,22)23/h2-6,9-10H,7-8,16H2,1H3,(H,21,22,23). The lowest BCUT2D eigenvalue weighted by atomic mass is 10.2. The highest BCUT2D eigenvalue weighted by Gasteiger charge is 2.16. The number of nitrogen functional groups attached to an aromatic ring is 1. The summed E-state index contributed by atoms with van der Waals surface area (Å²) in [6.45, 7) is 1.13. The van der Waals surface area contributed by atoms with E-state index in [1.807, 2.05) is 6.92 Å². The maximum Gasteiger partial charge on any atom is 0.397 e. The van der Waals surface area contributed by atoms with Gasteiger partial charge in [0, 0.05) is 5.69 Å². The third kappa shape index (κ3) is 5.88. The summed E-state index contributed by atoms with van der Waals surface area (Å²) >= 11 is 0. The summed E-state index contributed by atoms with van der Waals surface area (Å²) in [6.07, 6.45) is 0. The van der Waals surface area contributed by atoms with Crippen LogP contribution in [0.15, 0.2) is 57.6 Å². The first-order valence-corrected chi connectivity index (χ1v) is 10.3. The molecular formula is C15H17N3O6S2. The maximum atomic E-state index is 12.2. The zero-order valence-corrected chi connectivity index (χ0v) is 15.4. The Balaban J connectivity index is 2.16. The van der Waals surface area contributed by atoms with Crippen molar-refractivity contribution in [3.8, 4) is 0 Å². The van der Waals surface area contributed by atoms with Gasteiger partial charge in [0.1, 0.15) is 0 Å². The highest BCUT2D eigenvalue weighted by Crippen LogP contribution is 2.24. The maximum absolute atomic E-state index is 12.2. The van der Waals surface area contributed by atoms with Crippen LogP contribution in [0.4, 0.5) is 17.1 Å². The average molecular weight is 399 g/mol. The largest absolute Gasteiger partial charge is 0.399 e. The van der Waals surface area contributed by atoms with Gasteiger partial charge in [-0.2, -0.15) is 18.6 Å². The van der Waals surface area contributed by atoms with Crippen LogP contribution in [0.25, 0.3) is 0 Å². The molecule has 0 bridgehead atoms. The van der Waals surface area contributed by atoms with E-state index in [-0.39, 0.29) is 4.90 Å². The Kier molecular flexibility index (Phi) is 6.08. The minimum Gasteiger partial charge on any atom is -0.399 e. The van der Waals surface area contributed by atoms with E-state index in [4.69, 9.17) is 10.3 Å². The fraction of sp³-hybridized carbons (Fsp3) is 0.200. The molecule has 0 aliphatic rings. The van der Waals surface area contributed by atoms with Crippen molar-refractivity contribution in [1.29, 1.82) is 0 Å². The molecule has 0 aliphatic carbocycles. The first-order chi connectivity index (χ1) is 12.1. The summed E-state index contributed by atoms with van der Waals surface area (Å²) in [7, 11) is -8.51. The van der Waals surface area contributed by atoms with Crippen LogP contribution in [0.1, 0.15) is 5.56 Å². The molecule has 0 unspecified atom stereocenters. The molecule has 9 nitrogen and oxygen atoms in total. The second-order valence-corrected chi connectivity index (χ2v) is 8.51. The van der Waals surface area contributed by atoms with Gasteiger partial charge in [0.2, 0.25) is 0 Å². The number of anilines is 1. The summed E-state index contributed by atoms with van der Waals surface area (Å²) in [5.74, 6) is -0.620.